The lowest BCUT2D eigenvalue weighted by molar-refractivity contribution is -0.141. The lowest BCUT2D eigenvalue weighted by atomic mass is 10.2. The molecule has 0 saturated heterocycles. The molecule has 7 nitrogen and oxygen atoms in total. The minimum atomic E-state index is -4.55. The Morgan fingerprint density at radius 2 is 1.77 bits per heavy atom. The van der Waals surface area contributed by atoms with Crippen LogP contribution in [0, 0.1) is 13.8 Å². The summed E-state index contributed by atoms with van der Waals surface area (Å²) in [5.41, 5.74) is 0.890. The van der Waals surface area contributed by atoms with Crippen LogP contribution in [0.2, 0.25) is 0 Å². The quantitative estimate of drug-likeness (QED) is 0.774. The zero-order chi connectivity index (χ0) is 18.9. The predicted molar refractivity (Wildman–Crippen MR) is 85.8 cm³/mol. The number of pyridine rings is 1. The monoisotopic (exact) mass is 362 g/mol. The maximum absolute atomic E-state index is 12.5. The molecule has 0 saturated carbocycles. The van der Waals surface area contributed by atoms with Crippen molar-refractivity contribution in [3.8, 4) is 5.95 Å². The van der Waals surface area contributed by atoms with E-state index < -0.39 is 17.8 Å². The van der Waals surface area contributed by atoms with Crippen LogP contribution in [-0.4, -0.2) is 30.6 Å². The third-order valence-electron chi connectivity index (χ3n) is 3.41. The molecule has 1 amide bonds. The maximum Gasteiger partial charge on any atom is 0.433 e. The second kappa shape index (κ2) is 6.54. The molecule has 0 aliphatic carbocycles. The number of nitrogens with zero attached hydrogens (tertiary/aromatic N) is 5. The minimum Gasteiger partial charge on any atom is -0.319 e. The second-order valence-electron chi connectivity index (χ2n) is 5.49. The molecule has 0 fully saturated rings. The molecule has 3 aromatic rings. The Morgan fingerprint density at radius 3 is 2.27 bits per heavy atom. The SMILES string of the molecule is Cc1cc(C)n(-c2ncc(NC(=O)c3ccc(C(F)(F)F)nc3)cn2)n1. The molecule has 0 atom stereocenters. The van der Waals surface area contributed by atoms with E-state index in [2.05, 4.69) is 25.4 Å². The highest BCUT2D eigenvalue weighted by Gasteiger charge is 2.32. The van der Waals surface area contributed by atoms with Crippen LogP contribution in [0.15, 0.2) is 36.8 Å². The highest BCUT2D eigenvalue weighted by atomic mass is 19.4. The number of carbonyl (C=O) groups excluding carboxylic acids is 1. The fourth-order valence-corrected chi connectivity index (χ4v) is 2.23. The molecular weight excluding hydrogens is 349 g/mol. The summed E-state index contributed by atoms with van der Waals surface area (Å²) in [4.78, 5) is 23.6. The van der Waals surface area contributed by atoms with Gasteiger partial charge in [-0.2, -0.15) is 18.3 Å². The van der Waals surface area contributed by atoms with Crippen molar-refractivity contribution >= 4 is 11.6 Å². The molecule has 10 heteroatoms. The second-order valence-corrected chi connectivity index (χ2v) is 5.49. The van der Waals surface area contributed by atoms with Gasteiger partial charge in [-0.1, -0.05) is 0 Å². The van der Waals surface area contributed by atoms with Crippen molar-refractivity contribution < 1.29 is 18.0 Å². The first-order chi connectivity index (χ1) is 12.2. The molecule has 0 aromatic carbocycles. The van der Waals surface area contributed by atoms with Crippen LogP contribution in [0.1, 0.15) is 27.4 Å². The Kier molecular flexibility index (Phi) is 4.41. The summed E-state index contributed by atoms with van der Waals surface area (Å²) in [6, 6.07) is 3.67. The Hall–Kier alpha value is -3.30. The summed E-state index contributed by atoms with van der Waals surface area (Å²) in [5, 5.41) is 6.75. The van der Waals surface area contributed by atoms with Gasteiger partial charge in [0.15, 0.2) is 0 Å². The van der Waals surface area contributed by atoms with Gasteiger partial charge in [0.1, 0.15) is 5.69 Å². The van der Waals surface area contributed by atoms with E-state index in [-0.39, 0.29) is 5.56 Å². The maximum atomic E-state index is 12.5. The van der Waals surface area contributed by atoms with Crippen LogP contribution >= 0.6 is 0 Å². The largest absolute Gasteiger partial charge is 0.433 e. The van der Waals surface area contributed by atoms with Crippen LogP contribution in [0.3, 0.4) is 0 Å². The van der Waals surface area contributed by atoms with Crippen molar-refractivity contribution in [2.45, 2.75) is 20.0 Å². The van der Waals surface area contributed by atoms with Gasteiger partial charge in [-0.15, -0.1) is 0 Å². The molecule has 0 aliphatic rings. The van der Waals surface area contributed by atoms with E-state index >= 15 is 0 Å². The van der Waals surface area contributed by atoms with Crippen LogP contribution < -0.4 is 5.32 Å². The molecule has 3 aromatic heterocycles. The summed E-state index contributed by atoms with van der Waals surface area (Å²) in [7, 11) is 0. The van der Waals surface area contributed by atoms with Gasteiger partial charge < -0.3 is 5.32 Å². The van der Waals surface area contributed by atoms with Crippen molar-refractivity contribution in [1.29, 1.82) is 0 Å². The fraction of sp³-hybridized carbons (Fsp3) is 0.188. The van der Waals surface area contributed by atoms with Gasteiger partial charge in [0.05, 0.1) is 29.3 Å². The van der Waals surface area contributed by atoms with Gasteiger partial charge >= 0.3 is 6.18 Å². The average Bonchev–Trinajstić information content (AvgIpc) is 2.93. The number of carbonyl (C=O) groups is 1. The molecule has 0 bridgehead atoms. The van der Waals surface area contributed by atoms with Gasteiger partial charge in [0.2, 0.25) is 0 Å². The van der Waals surface area contributed by atoms with Gasteiger partial charge in [-0.05, 0) is 32.0 Å². The minimum absolute atomic E-state index is 0.0133. The van der Waals surface area contributed by atoms with Crippen molar-refractivity contribution in [3.05, 3.63) is 59.4 Å². The standard InChI is InChI=1S/C16H13F3N6O/c1-9-5-10(2)25(24-9)15-21-7-12(8-22-15)23-14(26)11-3-4-13(20-6-11)16(17,18)19/h3-8H,1-2H3,(H,23,26). The van der Waals surface area contributed by atoms with Crippen LogP contribution in [0.4, 0.5) is 18.9 Å². The predicted octanol–water partition coefficient (Wildman–Crippen LogP) is 2.95. The number of amides is 1. The van der Waals surface area contributed by atoms with Gasteiger partial charge in [0, 0.05) is 11.9 Å². The third kappa shape index (κ3) is 3.68. The number of hydrogen-bond acceptors (Lipinski definition) is 5. The lowest BCUT2D eigenvalue weighted by Gasteiger charge is -2.08. The summed E-state index contributed by atoms with van der Waals surface area (Å²) in [5.74, 6) is -0.279. The summed E-state index contributed by atoms with van der Waals surface area (Å²) >= 11 is 0. The number of aromatic nitrogens is 5. The van der Waals surface area contributed by atoms with E-state index in [1.165, 1.54) is 12.4 Å². The molecule has 0 aliphatic heterocycles. The highest BCUT2D eigenvalue weighted by Crippen LogP contribution is 2.27. The Bertz CT molecular complexity index is 932. The number of rotatable bonds is 3. The van der Waals surface area contributed by atoms with E-state index in [0.29, 0.717) is 11.6 Å². The van der Waals surface area contributed by atoms with Crippen molar-refractivity contribution in [1.82, 2.24) is 24.7 Å². The fourth-order valence-electron chi connectivity index (χ4n) is 2.23. The van der Waals surface area contributed by atoms with Crippen molar-refractivity contribution in [2.24, 2.45) is 0 Å². The number of alkyl halides is 3. The molecule has 3 rings (SSSR count). The number of halogens is 3. The smallest absolute Gasteiger partial charge is 0.319 e. The zero-order valence-electron chi connectivity index (χ0n) is 13.7. The Labute approximate surface area is 145 Å². The zero-order valence-corrected chi connectivity index (χ0v) is 13.7. The number of aryl methyl sites for hydroxylation is 2. The third-order valence-corrected chi connectivity index (χ3v) is 3.41. The van der Waals surface area contributed by atoms with E-state index in [0.717, 1.165) is 29.7 Å². The molecular formula is C16H13F3N6O. The molecule has 3 heterocycles. The van der Waals surface area contributed by atoms with Crippen molar-refractivity contribution in [2.75, 3.05) is 5.32 Å². The topological polar surface area (TPSA) is 85.6 Å². The molecule has 134 valence electrons. The van der Waals surface area contributed by atoms with E-state index in [9.17, 15) is 18.0 Å². The normalized spacial score (nSPS) is 11.4. The molecule has 0 unspecified atom stereocenters. The first kappa shape index (κ1) is 17.5. The molecule has 0 radical (unpaired) electrons. The van der Waals surface area contributed by atoms with E-state index in [1.54, 1.807) is 4.68 Å². The van der Waals surface area contributed by atoms with Gasteiger partial charge in [0.25, 0.3) is 11.9 Å². The number of nitrogens with one attached hydrogen (secondary N) is 1. The van der Waals surface area contributed by atoms with Crippen LogP contribution in [0.25, 0.3) is 5.95 Å². The summed E-state index contributed by atoms with van der Waals surface area (Å²) in [6.45, 7) is 3.70. The van der Waals surface area contributed by atoms with E-state index in [4.69, 9.17) is 0 Å². The van der Waals surface area contributed by atoms with E-state index in [1.807, 2.05) is 19.9 Å². The van der Waals surface area contributed by atoms with Crippen LogP contribution in [-0.2, 0) is 6.18 Å². The Morgan fingerprint density at radius 1 is 1.08 bits per heavy atom. The van der Waals surface area contributed by atoms with Gasteiger partial charge in [-0.25, -0.2) is 14.6 Å². The van der Waals surface area contributed by atoms with Crippen molar-refractivity contribution in [3.63, 3.8) is 0 Å². The lowest BCUT2D eigenvalue weighted by Crippen LogP contribution is -2.15. The van der Waals surface area contributed by atoms with Crippen LogP contribution in [0.5, 0.6) is 0 Å². The number of hydrogen-bond donors (Lipinski definition) is 1. The molecule has 1 N–H and O–H groups in total. The number of anilines is 1. The Balaban J connectivity index is 1.73. The molecule has 26 heavy (non-hydrogen) atoms. The first-order valence-corrected chi connectivity index (χ1v) is 7.44. The summed E-state index contributed by atoms with van der Waals surface area (Å²) < 4.78 is 39.0. The first-order valence-electron chi connectivity index (χ1n) is 7.44. The molecule has 0 spiro atoms. The van der Waals surface area contributed by atoms with Gasteiger partial charge in [-0.3, -0.25) is 9.78 Å². The highest BCUT2D eigenvalue weighted by molar-refractivity contribution is 6.03. The summed E-state index contributed by atoms with van der Waals surface area (Å²) in [6.07, 6.45) is -0.923. The average molecular weight is 362 g/mol.